The summed E-state index contributed by atoms with van der Waals surface area (Å²) in [6.07, 6.45) is -5.26. The molecule has 1 heterocycles. The Labute approximate surface area is 128 Å². The Morgan fingerprint density at radius 3 is 2.35 bits per heavy atom. The van der Waals surface area contributed by atoms with Crippen LogP contribution in [0.15, 0.2) is 9.59 Å². The minimum atomic E-state index is -4.83. The third-order valence-corrected chi connectivity index (χ3v) is 3.15. The van der Waals surface area contributed by atoms with Gasteiger partial charge in [0.2, 0.25) is 0 Å². The molecule has 0 radical (unpaired) electrons. The molecule has 0 aliphatic heterocycles. The number of phosphoric acid groups is 1. The number of rotatable bonds is 8. The van der Waals surface area contributed by atoms with Crippen LogP contribution in [-0.4, -0.2) is 66.5 Å². The van der Waals surface area contributed by atoms with E-state index in [1.165, 1.54) is 0 Å². The van der Waals surface area contributed by atoms with Gasteiger partial charge in [0.15, 0.2) is 0 Å². The molecule has 1 aromatic rings. The monoisotopic (exact) mass is 356 g/mol. The molecule has 1 rings (SSSR count). The molecule has 0 saturated heterocycles. The van der Waals surface area contributed by atoms with Crippen LogP contribution in [0.5, 0.6) is 0 Å². The van der Waals surface area contributed by atoms with Crippen LogP contribution in [0.25, 0.3) is 0 Å². The summed E-state index contributed by atoms with van der Waals surface area (Å²) in [4.78, 5) is 43.3. The lowest BCUT2D eigenvalue weighted by Gasteiger charge is -2.23. The summed E-state index contributed by atoms with van der Waals surface area (Å²) in [5.74, 6) is -0.203. The van der Waals surface area contributed by atoms with Crippen LogP contribution in [-0.2, 0) is 9.09 Å². The minimum absolute atomic E-state index is 0.203. The third kappa shape index (κ3) is 6.11. The van der Waals surface area contributed by atoms with E-state index in [0.717, 1.165) is 0 Å². The minimum Gasteiger partial charge on any atom is -0.391 e. The van der Waals surface area contributed by atoms with Crippen molar-refractivity contribution < 1.29 is 34.2 Å². The van der Waals surface area contributed by atoms with Crippen molar-refractivity contribution >= 4 is 19.3 Å². The molecule has 0 aliphatic rings. The zero-order valence-electron chi connectivity index (χ0n) is 11.5. The van der Waals surface area contributed by atoms with Crippen molar-refractivity contribution in [2.75, 3.05) is 24.2 Å². The maximum absolute atomic E-state index is 11.2. The van der Waals surface area contributed by atoms with Gasteiger partial charge in [-0.15, -0.1) is 0 Å². The molecule has 3 atom stereocenters. The number of nitrogen functional groups attached to an aromatic ring is 1. The molecule has 23 heavy (non-hydrogen) atoms. The topological polar surface area (TPSA) is 231 Å². The van der Waals surface area contributed by atoms with Gasteiger partial charge in [0.05, 0.1) is 12.7 Å². The lowest BCUT2D eigenvalue weighted by Crippen LogP contribution is -2.43. The van der Waals surface area contributed by atoms with Gasteiger partial charge < -0.3 is 36.2 Å². The van der Waals surface area contributed by atoms with Crippen molar-refractivity contribution in [1.29, 1.82) is 0 Å². The second-order valence-electron chi connectivity index (χ2n) is 4.49. The number of phosphoric ester groups is 1. The van der Waals surface area contributed by atoms with Crippen LogP contribution in [0.4, 0.5) is 11.5 Å². The molecule has 132 valence electrons. The van der Waals surface area contributed by atoms with E-state index >= 15 is 0 Å². The fourth-order valence-corrected chi connectivity index (χ4v) is 1.84. The molecule has 0 aliphatic carbocycles. The highest BCUT2D eigenvalue weighted by molar-refractivity contribution is 7.46. The fraction of sp³-hybridized carbons (Fsp3) is 0.556. The van der Waals surface area contributed by atoms with E-state index in [4.69, 9.17) is 15.5 Å². The number of nitrogens with two attached hydrogens (primary N) is 1. The van der Waals surface area contributed by atoms with Crippen molar-refractivity contribution in [3.8, 4) is 0 Å². The summed E-state index contributed by atoms with van der Waals surface area (Å²) in [7, 11) is -4.83. The van der Waals surface area contributed by atoms with Gasteiger partial charge in [-0.1, -0.05) is 0 Å². The van der Waals surface area contributed by atoms with E-state index in [0.29, 0.717) is 0 Å². The predicted octanol–water partition coefficient (Wildman–Crippen LogP) is -3.75. The summed E-state index contributed by atoms with van der Waals surface area (Å²) in [6, 6.07) is 0. The smallest absolute Gasteiger partial charge is 0.391 e. The Kier molecular flexibility index (Phi) is 6.47. The van der Waals surface area contributed by atoms with Crippen molar-refractivity contribution in [3.63, 3.8) is 0 Å². The predicted molar refractivity (Wildman–Crippen MR) is 76.6 cm³/mol. The molecule has 10 N–H and O–H groups in total. The number of hydrogen-bond donors (Lipinski definition) is 9. The van der Waals surface area contributed by atoms with Crippen LogP contribution >= 0.6 is 7.82 Å². The fourth-order valence-electron chi connectivity index (χ4n) is 1.49. The summed E-state index contributed by atoms with van der Waals surface area (Å²) >= 11 is 0. The molecule has 0 amide bonds. The number of aromatic amines is 2. The molecule has 14 heteroatoms. The first-order valence-corrected chi connectivity index (χ1v) is 7.64. The van der Waals surface area contributed by atoms with Gasteiger partial charge in [-0.2, -0.15) is 0 Å². The third-order valence-electron chi connectivity index (χ3n) is 2.67. The molecule has 0 fully saturated rings. The maximum atomic E-state index is 11.2. The maximum Gasteiger partial charge on any atom is 0.469 e. The second-order valence-corrected chi connectivity index (χ2v) is 5.73. The zero-order valence-corrected chi connectivity index (χ0v) is 12.4. The molecule has 0 bridgehead atoms. The van der Waals surface area contributed by atoms with Crippen LogP contribution in [0, 0.1) is 0 Å². The quantitative estimate of drug-likeness (QED) is 0.205. The number of anilines is 2. The summed E-state index contributed by atoms with van der Waals surface area (Å²) < 4.78 is 14.5. The molecule has 0 saturated carbocycles. The standard InChI is InChI=1S/C9H17N4O9P/c10-5-7(12-9(18)13-8(5)17)11-1-3(14)6(16)4(15)2-22-23(19,20)21/h3-4,6,14-16H,1-2,10H2,(H2,19,20,21)(H3,11,12,13,17,18)/t3-,4-,6+/m1/s1. The van der Waals surface area contributed by atoms with Gasteiger partial charge in [0.1, 0.15) is 23.7 Å². The SMILES string of the molecule is Nc1c(NC[C@@H](O)[C@H](O)[C@H](O)COP(=O)(O)O)[nH]c(=O)[nH]c1=O. The van der Waals surface area contributed by atoms with Crippen molar-refractivity contribution in [2.45, 2.75) is 18.3 Å². The Hall–Kier alpha value is -1.73. The first kappa shape index (κ1) is 19.3. The first-order valence-electron chi connectivity index (χ1n) is 6.11. The number of H-pyrrole nitrogens is 2. The Balaban J connectivity index is 2.62. The highest BCUT2D eigenvalue weighted by atomic mass is 31.2. The van der Waals surface area contributed by atoms with E-state index < -0.39 is 50.5 Å². The average molecular weight is 356 g/mol. The molecule has 0 aromatic carbocycles. The number of nitrogens with one attached hydrogen (secondary N) is 3. The lowest BCUT2D eigenvalue weighted by atomic mass is 10.1. The van der Waals surface area contributed by atoms with Crippen LogP contribution < -0.4 is 22.3 Å². The zero-order chi connectivity index (χ0) is 17.8. The lowest BCUT2D eigenvalue weighted by molar-refractivity contribution is -0.0705. The van der Waals surface area contributed by atoms with E-state index in [2.05, 4.69) is 14.8 Å². The van der Waals surface area contributed by atoms with Gasteiger partial charge in [0, 0.05) is 6.54 Å². The molecular formula is C9H17N4O9P. The van der Waals surface area contributed by atoms with Crippen LogP contribution in [0.2, 0.25) is 0 Å². The van der Waals surface area contributed by atoms with Crippen LogP contribution in [0.3, 0.4) is 0 Å². The van der Waals surface area contributed by atoms with E-state index in [1.807, 2.05) is 4.98 Å². The van der Waals surface area contributed by atoms with E-state index in [9.17, 15) is 29.5 Å². The molecule has 1 aromatic heterocycles. The van der Waals surface area contributed by atoms with Gasteiger partial charge in [-0.3, -0.25) is 19.3 Å². The molecular weight excluding hydrogens is 339 g/mol. The summed E-state index contributed by atoms with van der Waals surface area (Å²) in [5, 5.41) is 31.1. The highest BCUT2D eigenvalue weighted by Gasteiger charge is 2.27. The number of aliphatic hydroxyl groups excluding tert-OH is 3. The average Bonchev–Trinajstić information content (AvgIpc) is 2.44. The van der Waals surface area contributed by atoms with E-state index in [1.54, 1.807) is 0 Å². The van der Waals surface area contributed by atoms with Crippen molar-refractivity contribution in [1.82, 2.24) is 9.97 Å². The Morgan fingerprint density at radius 1 is 1.17 bits per heavy atom. The van der Waals surface area contributed by atoms with Gasteiger partial charge in [0.25, 0.3) is 5.56 Å². The number of aliphatic hydroxyl groups is 3. The molecule has 0 unspecified atom stereocenters. The van der Waals surface area contributed by atoms with Crippen molar-refractivity contribution in [2.24, 2.45) is 0 Å². The van der Waals surface area contributed by atoms with Gasteiger partial charge >= 0.3 is 13.5 Å². The normalized spacial score (nSPS) is 15.9. The largest absolute Gasteiger partial charge is 0.469 e. The molecule has 13 nitrogen and oxygen atoms in total. The summed E-state index contributed by atoms with van der Waals surface area (Å²) in [6.45, 7) is -1.37. The molecule has 0 spiro atoms. The van der Waals surface area contributed by atoms with Crippen LogP contribution in [0.1, 0.15) is 0 Å². The Morgan fingerprint density at radius 2 is 1.78 bits per heavy atom. The second kappa shape index (κ2) is 7.70. The van der Waals surface area contributed by atoms with E-state index in [-0.39, 0.29) is 11.5 Å². The number of aromatic nitrogens is 2. The van der Waals surface area contributed by atoms with Gasteiger partial charge in [-0.05, 0) is 0 Å². The first-order chi connectivity index (χ1) is 10.5. The number of hydrogen-bond acceptors (Lipinski definition) is 9. The Bertz CT molecular complexity index is 682. The summed E-state index contributed by atoms with van der Waals surface area (Å²) in [5.41, 5.74) is 3.32. The van der Waals surface area contributed by atoms with Crippen molar-refractivity contribution in [3.05, 3.63) is 20.8 Å². The van der Waals surface area contributed by atoms with Gasteiger partial charge in [-0.25, -0.2) is 9.36 Å². The highest BCUT2D eigenvalue weighted by Crippen LogP contribution is 2.35.